The number of unbranched alkanes of at least 4 members (excludes halogenated alkanes) is 43. The van der Waals surface area contributed by atoms with Crippen LogP contribution in [0.15, 0.2) is 24.3 Å². The maximum atomic E-state index is 13.0. The molecule has 0 radical (unpaired) electrons. The number of likely N-dealkylation sites (N-methyl/N-ethyl adjacent to an activating group) is 1. The Morgan fingerprint density at radius 1 is 0.479 bits per heavy atom. The minimum Gasteiger partial charge on any atom is -0.756 e. The van der Waals surface area contributed by atoms with E-state index in [0.717, 1.165) is 38.5 Å². The fraction of sp³-hybridized carbons (Fsp3) is 0.919. The lowest BCUT2D eigenvalue weighted by atomic mass is 10.0. The largest absolute Gasteiger partial charge is 0.756 e. The van der Waals surface area contributed by atoms with Gasteiger partial charge in [0.15, 0.2) is 0 Å². The van der Waals surface area contributed by atoms with E-state index < -0.39 is 20.0 Å². The van der Waals surface area contributed by atoms with Crippen molar-refractivity contribution in [2.75, 3.05) is 40.9 Å². The molecule has 0 aromatic rings. The molecule has 422 valence electrons. The summed E-state index contributed by atoms with van der Waals surface area (Å²) in [5.74, 6) is -0.200. The van der Waals surface area contributed by atoms with Crippen LogP contribution >= 0.6 is 7.82 Å². The van der Waals surface area contributed by atoms with Crippen LogP contribution < -0.4 is 10.2 Å². The van der Waals surface area contributed by atoms with Crippen molar-refractivity contribution in [1.82, 2.24) is 5.32 Å². The SMILES string of the molecule is CCCCCCCCCCCCCCC/C=C/CC/C=C/C(O)C(COP(=O)([O-])OCC[N+](C)(C)C)NC(=O)CCCCCCCCCCCCCCCCCCCCCCCCCCCCCCCC. The number of aliphatic hydroxyl groups excluding tert-OH is 1. The minimum absolute atomic E-state index is 0.00365. The van der Waals surface area contributed by atoms with Crippen LogP contribution in [0.1, 0.15) is 316 Å². The van der Waals surface area contributed by atoms with Crippen molar-refractivity contribution in [3.63, 3.8) is 0 Å². The van der Waals surface area contributed by atoms with Crippen molar-refractivity contribution in [2.45, 2.75) is 328 Å². The number of aliphatic hydroxyl groups is 1. The Morgan fingerprint density at radius 2 is 0.789 bits per heavy atom. The number of hydrogen-bond acceptors (Lipinski definition) is 6. The van der Waals surface area contributed by atoms with E-state index in [1.807, 2.05) is 27.2 Å². The van der Waals surface area contributed by atoms with Gasteiger partial charge in [-0.05, 0) is 32.1 Å². The Kier molecular flexibility index (Phi) is 53.0. The third-order valence-corrected chi connectivity index (χ3v) is 15.4. The van der Waals surface area contributed by atoms with Crippen molar-refractivity contribution >= 4 is 13.7 Å². The summed E-state index contributed by atoms with van der Waals surface area (Å²) in [6.45, 7) is 4.68. The topological polar surface area (TPSA) is 108 Å². The molecule has 0 heterocycles. The number of nitrogens with one attached hydrogen (secondary N) is 1. The highest BCUT2D eigenvalue weighted by Crippen LogP contribution is 2.38. The van der Waals surface area contributed by atoms with Gasteiger partial charge in [0.2, 0.25) is 5.91 Å². The molecule has 0 saturated heterocycles. The van der Waals surface area contributed by atoms with Crippen LogP contribution in [0.5, 0.6) is 0 Å². The number of quaternary nitrogens is 1. The summed E-state index contributed by atoms with van der Waals surface area (Å²) in [6, 6.07) is -0.900. The lowest BCUT2D eigenvalue weighted by Gasteiger charge is -2.29. The Bertz CT molecular complexity index is 1210. The van der Waals surface area contributed by atoms with Gasteiger partial charge in [-0.2, -0.15) is 0 Å². The molecular formula is C62H123N2O6P. The molecule has 8 nitrogen and oxygen atoms in total. The summed E-state index contributed by atoms with van der Waals surface area (Å²) in [7, 11) is 1.26. The molecule has 2 N–H and O–H groups in total. The number of amides is 1. The van der Waals surface area contributed by atoms with Gasteiger partial charge < -0.3 is 28.8 Å². The van der Waals surface area contributed by atoms with E-state index in [2.05, 4.69) is 31.3 Å². The van der Waals surface area contributed by atoms with Gasteiger partial charge in [0.25, 0.3) is 7.82 Å². The average molecular weight is 1020 g/mol. The predicted molar refractivity (Wildman–Crippen MR) is 307 cm³/mol. The van der Waals surface area contributed by atoms with E-state index in [1.54, 1.807) is 6.08 Å². The summed E-state index contributed by atoms with van der Waals surface area (Å²) >= 11 is 0. The van der Waals surface area contributed by atoms with Gasteiger partial charge >= 0.3 is 0 Å². The lowest BCUT2D eigenvalue weighted by Crippen LogP contribution is -2.45. The first-order valence-corrected chi connectivity index (χ1v) is 32.7. The number of allylic oxidation sites excluding steroid dienone is 3. The highest BCUT2D eigenvalue weighted by molar-refractivity contribution is 7.45. The van der Waals surface area contributed by atoms with Crippen molar-refractivity contribution in [3.8, 4) is 0 Å². The third-order valence-electron chi connectivity index (χ3n) is 14.4. The number of phosphoric acid groups is 1. The lowest BCUT2D eigenvalue weighted by molar-refractivity contribution is -0.870. The van der Waals surface area contributed by atoms with Crippen LogP contribution in [0.25, 0.3) is 0 Å². The average Bonchev–Trinajstić information content (AvgIpc) is 3.33. The second kappa shape index (κ2) is 53.8. The summed E-state index contributed by atoms with van der Waals surface area (Å²) in [5.41, 5.74) is 0. The van der Waals surface area contributed by atoms with Gasteiger partial charge in [-0.3, -0.25) is 9.36 Å². The molecule has 0 aromatic carbocycles. The van der Waals surface area contributed by atoms with Crippen molar-refractivity contribution in [2.24, 2.45) is 0 Å². The van der Waals surface area contributed by atoms with Gasteiger partial charge in [-0.1, -0.05) is 301 Å². The zero-order valence-electron chi connectivity index (χ0n) is 48.2. The number of hydrogen-bond donors (Lipinski definition) is 2. The number of carbonyl (C=O) groups excluding carboxylic acids is 1. The Hall–Kier alpha value is -1.02. The molecule has 3 unspecified atom stereocenters. The number of phosphoric ester groups is 1. The van der Waals surface area contributed by atoms with E-state index in [4.69, 9.17) is 9.05 Å². The Labute approximate surface area is 443 Å². The molecule has 0 saturated carbocycles. The van der Waals surface area contributed by atoms with Gasteiger partial charge in [0, 0.05) is 6.42 Å². The minimum atomic E-state index is -4.60. The fourth-order valence-corrected chi connectivity index (χ4v) is 10.2. The van der Waals surface area contributed by atoms with Gasteiger partial charge in [0.1, 0.15) is 13.2 Å². The third kappa shape index (κ3) is 56.5. The normalized spacial score (nSPS) is 14.0. The molecule has 3 atom stereocenters. The van der Waals surface area contributed by atoms with Crippen molar-refractivity contribution in [3.05, 3.63) is 24.3 Å². The van der Waals surface area contributed by atoms with Crippen molar-refractivity contribution in [1.29, 1.82) is 0 Å². The standard InChI is InChI=1S/C62H123N2O6P/c1-6-8-10-12-14-16-18-20-22-24-26-27-28-29-30-31-32-33-34-35-36-38-40-42-44-46-48-50-52-54-56-62(66)63-60(59-70-71(67,68)69-58-57-64(3,4)5)61(65)55-53-51-49-47-45-43-41-39-37-25-23-21-19-17-15-13-11-9-7-2/h45,47,53,55,60-61,65H,6-44,46,48-52,54,56-59H2,1-5H3,(H-,63,66,67,68)/b47-45+,55-53+. The highest BCUT2D eigenvalue weighted by Gasteiger charge is 2.23. The summed E-state index contributed by atoms with van der Waals surface area (Å²) in [5, 5.41) is 13.9. The molecule has 0 bridgehead atoms. The first-order chi connectivity index (χ1) is 34.5. The smallest absolute Gasteiger partial charge is 0.268 e. The van der Waals surface area contributed by atoms with Gasteiger partial charge in [-0.25, -0.2) is 0 Å². The Morgan fingerprint density at radius 3 is 1.14 bits per heavy atom. The molecule has 0 aliphatic heterocycles. The Balaban J connectivity index is 4.09. The molecular weight excluding hydrogens is 900 g/mol. The molecule has 0 aromatic heterocycles. The molecule has 71 heavy (non-hydrogen) atoms. The molecule has 0 rings (SSSR count). The van der Waals surface area contributed by atoms with E-state index in [-0.39, 0.29) is 19.1 Å². The first kappa shape index (κ1) is 70.0. The van der Waals surface area contributed by atoms with Crippen LogP contribution in [-0.2, 0) is 18.4 Å². The second-order valence-electron chi connectivity index (χ2n) is 22.8. The monoisotopic (exact) mass is 1020 g/mol. The molecule has 0 spiro atoms. The van der Waals surface area contributed by atoms with E-state index in [1.165, 1.54) is 257 Å². The summed E-state index contributed by atoms with van der Waals surface area (Å²) in [4.78, 5) is 25.5. The van der Waals surface area contributed by atoms with Gasteiger partial charge in [-0.15, -0.1) is 0 Å². The van der Waals surface area contributed by atoms with Crippen LogP contribution in [-0.4, -0.2) is 68.5 Å². The highest BCUT2D eigenvalue weighted by atomic mass is 31.2. The van der Waals surface area contributed by atoms with Crippen LogP contribution in [0, 0.1) is 0 Å². The maximum Gasteiger partial charge on any atom is 0.268 e. The maximum absolute atomic E-state index is 13.0. The predicted octanol–water partition coefficient (Wildman–Crippen LogP) is 18.5. The number of rotatable bonds is 58. The molecule has 1 amide bonds. The van der Waals surface area contributed by atoms with Crippen LogP contribution in [0.3, 0.4) is 0 Å². The van der Waals surface area contributed by atoms with Gasteiger partial charge in [0.05, 0.1) is 39.9 Å². The van der Waals surface area contributed by atoms with Crippen molar-refractivity contribution < 1.29 is 32.9 Å². The van der Waals surface area contributed by atoms with E-state index >= 15 is 0 Å². The quantitative estimate of drug-likeness (QED) is 0.0272. The number of carbonyl (C=O) groups is 1. The molecule has 0 fully saturated rings. The number of nitrogens with zero attached hydrogens (tertiary/aromatic N) is 1. The van der Waals surface area contributed by atoms with E-state index in [0.29, 0.717) is 17.4 Å². The molecule has 9 heteroatoms. The van der Waals surface area contributed by atoms with E-state index in [9.17, 15) is 19.4 Å². The molecule has 0 aliphatic rings. The zero-order valence-corrected chi connectivity index (χ0v) is 49.1. The molecule has 0 aliphatic carbocycles. The first-order valence-electron chi connectivity index (χ1n) is 31.2. The van der Waals surface area contributed by atoms with Crippen LogP contribution in [0.2, 0.25) is 0 Å². The van der Waals surface area contributed by atoms with Crippen LogP contribution in [0.4, 0.5) is 0 Å². The fourth-order valence-electron chi connectivity index (χ4n) is 9.53. The summed E-state index contributed by atoms with van der Waals surface area (Å²) in [6.07, 6.45) is 68.5. The second-order valence-corrected chi connectivity index (χ2v) is 24.2. The summed E-state index contributed by atoms with van der Waals surface area (Å²) < 4.78 is 23.4. The zero-order chi connectivity index (χ0) is 52.0.